The van der Waals surface area contributed by atoms with Gasteiger partial charge in [0.05, 0.1) is 0 Å². The molecule has 17 heavy (non-hydrogen) atoms. The van der Waals surface area contributed by atoms with E-state index < -0.39 is 0 Å². The number of nitrogens with zero attached hydrogens (tertiary/aromatic N) is 2. The fourth-order valence-corrected chi connectivity index (χ4v) is 1.80. The number of carbonyl (C=O) groups is 1. The van der Waals surface area contributed by atoms with Gasteiger partial charge in [-0.05, 0) is 12.1 Å². The molecule has 0 aliphatic carbocycles. The molecule has 6 heteroatoms. The van der Waals surface area contributed by atoms with Crippen molar-refractivity contribution in [3.8, 4) is 0 Å². The molecule has 2 N–H and O–H groups in total. The summed E-state index contributed by atoms with van der Waals surface area (Å²) in [7, 11) is 0. The minimum atomic E-state index is -0.240. The van der Waals surface area contributed by atoms with Crippen molar-refractivity contribution in [3.05, 3.63) is 41.7 Å². The smallest absolute Gasteiger partial charge is 0.321 e. The maximum absolute atomic E-state index is 11.4. The molecule has 0 atom stereocenters. The first-order chi connectivity index (χ1) is 8.34. The number of hydrogen-bond donors (Lipinski definition) is 2. The van der Waals surface area contributed by atoms with E-state index in [1.54, 1.807) is 12.4 Å². The van der Waals surface area contributed by atoms with Crippen molar-refractivity contribution in [3.63, 3.8) is 0 Å². The molecule has 0 spiro atoms. The van der Waals surface area contributed by atoms with E-state index in [-0.39, 0.29) is 6.03 Å². The third kappa shape index (κ3) is 3.84. The predicted octanol–water partition coefficient (Wildman–Crippen LogP) is 1.90. The van der Waals surface area contributed by atoms with Crippen LogP contribution in [0.5, 0.6) is 0 Å². The van der Waals surface area contributed by atoms with Crippen LogP contribution in [0.3, 0.4) is 0 Å². The van der Waals surface area contributed by atoms with E-state index in [2.05, 4.69) is 20.6 Å². The topological polar surface area (TPSA) is 66.9 Å². The van der Waals surface area contributed by atoms with Crippen LogP contribution < -0.4 is 10.6 Å². The Morgan fingerprint density at radius 3 is 2.94 bits per heavy atom. The average Bonchev–Trinajstić information content (AvgIpc) is 2.83. The molecular weight excluding hydrogens is 236 g/mol. The zero-order valence-corrected chi connectivity index (χ0v) is 9.91. The minimum Gasteiger partial charge on any atom is -0.337 e. The van der Waals surface area contributed by atoms with Gasteiger partial charge in [0.15, 0.2) is 5.13 Å². The number of hydrogen-bond acceptors (Lipinski definition) is 4. The summed E-state index contributed by atoms with van der Waals surface area (Å²) in [6.07, 6.45) is 4.10. The number of pyridine rings is 1. The monoisotopic (exact) mass is 248 g/mol. The number of urea groups is 1. The fraction of sp³-hybridized carbons (Fsp3) is 0.182. The van der Waals surface area contributed by atoms with Crippen LogP contribution >= 0.6 is 11.3 Å². The number of nitrogens with one attached hydrogen (secondary N) is 2. The van der Waals surface area contributed by atoms with Gasteiger partial charge in [0.1, 0.15) is 0 Å². The normalized spacial score (nSPS) is 9.88. The van der Waals surface area contributed by atoms with Gasteiger partial charge in [-0.2, -0.15) is 0 Å². The Bertz CT molecular complexity index is 458. The van der Waals surface area contributed by atoms with Crippen LogP contribution in [0.2, 0.25) is 0 Å². The molecule has 2 aromatic heterocycles. The quantitative estimate of drug-likeness (QED) is 0.868. The second-order valence-corrected chi connectivity index (χ2v) is 4.18. The summed E-state index contributed by atoms with van der Waals surface area (Å²) in [5.74, 6) is 0. The predicted molar refractivity (Wildman–Crippen MR) is 67.1 cm³/mol. The van der Waals surface area contributed by atoms with E-state index in [9.17, 15) is 4.79 Å². The molecule has 5 nitrogen and oxygen atoms in total. The maximum Gasteiger partial charge on any atom is 0.321 e. The first kappa shape index (κ1) is 11.5. The summed E-state index contributed by atoms with van der Waals surface area (Å²) in [4.78, 5) is 19.6. The highest BCUT2D eigenvalue weighted by atomic mass is 32.1. The van der Waals surface area contributed by atoms with E-state index in [1.165, 1.54) is 11.3 Å². The molecule has 2 aromatic rings. The summed E-state index contributed by atoms with van der Waals surface area (Å²) in [6, 6.07) is 5.49. The molecular formula is C11H12N4OS. The van der Waals surface area contributed by atoms with Crippen molar-refractivity contribution >= 4 is 22.5 Å². The molecule has 0 bridgehead atoms. The van der Waals surface area contributed by atoms with Gasteiger partial charge in [-0.1, -0.05) is 6.07 Å². The molecule has 88 valence electrons. The summed E-state index contributed by atoms with van der Waals surface area (Å²) >= 11 is 1.39. The Balaban J connectivity index is 1.70. The lowest BCUT2D eigenvalue weighted by Gasteiger charge is -2.04. The number of thiazole rings is 1. The van der Waals surface area contributed by atoms with Crippen molar-refractivity contribution in [2.45, 2.75) is 6.42 Å². The van der Waals surface area contributed by atoms with Crippen molar-refractivity contribution in [1.82, 2.24) is 15.3 Å². The average molecular weight is 248 g/mol. The third-order valence-electron chi connectivity index (χ3n) is 2.05. The summed E-state index contributed by atoms with van der Waals surface area (Å²) in [6.45, 7) is 0.550. The lowest BCUT2D eigenvalue weighted by Crippen LogP contribution is -2.30. The molecule has 0 unspecified atom stereocenters. The Labute approximate surface area is 103 Å². The first-order valence-corrected chi connectivity index (χ1v) is 6.07. The van der Waals surface area contributed by atoms with Gasteiger partial charge in [-0.15, -0.1) is 11.3 Å². The fourth-order valence-electron chi connectivity index (χ4n) is 1.28. The van der Waals surface area contributed by atoms with Gasteiger partial charge < -0.3 is 5.32 Å². The molecule has 2 amide bonds. The van der Waals surface area contributed by atoms with Crippen LogP contribution in [0.15, 0.2) is 36.0 Å². The molecule has 0 radical (unpaired) electrons. The SMILES string of the molecule is O=C(NCCc1ccccn1)Nc1nccs1. The number of aromatic nitrogens is 2. The van der Waals surface area contributed by atoms with Crippen LogP contribution in [0.25, 0.3) is 0 Å². The Morgan fingerprint density at radius 1 is 1.29 bits per heavy atom. The molecule has 0 aromatic carbocycles. The summed E-state index contributed by atoms with van der Waals surface area (Å²) in [5.41, 5.74) is 0.960. The van der Waals surface area contributed by atoms with E-state index in [1.807, 2.05) is 23.6 Å². The van der Waals surface area contributed by atoms with Crippen molar-refractivity contribution in [1.29, 1.82) is 0 Å². The molecule has 0 saturated heterocycles. The van der Waals surface area contributed by atoms with Crippen LogP contribution in [0.1, 0.15) is 5.69 Å². The molecule has 2 heterocycles. The molecule has 2 rings (SSSR count). The highest BCUT2D eigenvalue weighted by molar-refractivity contribution is 7.13. The first-order valence-electron chi connectivity index (χ1n) is 5.19. The second-order valence-electron chi connectivity index (χ2n) is 3.29. The standard InChI is InChI=1S/C11H12N4OS/c16-10(15-11-14-7-8-17-11)13-6-4-9-3-1-2-5-12-9/h1-3,5,7-8H,4,6H2,(H2,13,14,15,16). The molecule has 0 saturated carbocycles. The van der Waals surface area contributed by atoms with Crippen molar-refractivity contribution in [2.24, 2.45) is 0 Å². The van der Waals surface area contributed by atoms with E-state index in [0.717, 1.165) is 5.69 Å². The Kier molecular flexibility index (Phi) is 4.04. The number of amides is 2. The van der Waals surface area contributed by atoms with Gasteiger partial charge >= 0.3 is 6.03 Å². The zero-order valence-electron chi connectivity index (χ0n) is 9.09. The lowest BCUT2D eigenvalue weighted by atomic mass is 10.3. The van der Waals surface area contributed by atoms with Gasteiger partial charge in [0.2, 0.25) is 0 Å². The van der Waals surface area contributed by atoms with Crippen molar-refractivity contribution in [2.75, 3.05) is 11.9 Å². The highest BCUT2D eigenvalue weighted by Crippen LogP contribution is 2.09. The zero-order chi connectivity index (χ0) is 11.9. The number of rotatable bonds is 4. The second kappa shape index (κ2) is 5.95. The molecule has 0 aliphatic heterocycles. The largest absolute Gasteiger partial charge is 0.337 e. The van der Waals surface area contributed by atoms with Crippen LogP contribution in [0, 0.1) is 0 Å². The van der Waals surface area contributed by atoms with E-state index in [4.69, 9.17) is 0 Å². The summed E-state index contributed by atoms with van der Waals surface area (Å²) < 4.78 is 0. The van der Waals surface area contributed by atoms with E-state index >= 15 is 0 Å². The van der Waals surface area contributed by atoms with Gasteiger partial charge in [-0.3, -0.25) is 10.3 Å². The lowest BCUT2D eigenvalue weighted by molar-refractivity contribution is 0.252. The molecule has 0 fully saturated rings. The Hall–Kier alpha value is -1.95. The minimum absolute atomic E-state index is 0.240. The number of carbonyl (C=O) groups excluding carboxylic acids is 1. The van der Waals surface area contributed by atoms with Crippen molar-refractivity contribution < 1.29 is 4.79 Å². The van der Waals surface area contributed by atoms with Crippen LogP contribution in [-0.2, 0) is 6.42 Å². The van der Waals surface area contributed by atoms with E-state index in [0.29, 0.717) is 18.1 Å². The summed E-state index contributed by atoms with van der Waals surface area (Å²) in [5, 5.41) is 7.80. The number of anilines is 1. The molecule has 0 aliphatic rings. The van der Waals surface area contributed by atoms with Gasteiger partial charge in [0.25, 0.3) is 0 Å². The highest BCUT2D eigenvalue weighted by Gasteiger charge is 2.02. The van der Waals surface area contributed by atoms with Crippen LogP contribution in [-0.4, -0.2) is 22.5 Å². The maximum atomic E-state index is 11.4. The van der Waals surface area contributed by atoms with Gasteiger partial charge in [-0.25, -0.2) is 9.78 Å². The van der Waals surface area contributed by atoms with Crippen LogP contribution in [0.4, 0.5) is 9.93 Å². The Morgan fingerprint density at radius 2 is 2.24 bits per heavy atom. The third-order valence-corrected chi connectivity index (χ3v) is 2.73. The van der Waals surface area contributed by atoms with Gasteiger partial charge in [0, 0.05) is 36.4 Å².